The van der Waals surface area contributed by atoms with Crippen LogP contribution in [0.1, 0.15) is 47.2 Å². The fourth-order valence-electron chi connectivity index (χ4n) is 2.10. The van der Waals surface area contributed by atoms with E-state index >= 15 is 0 Å². The van der Waals surface area contributed by atoms with Gasteiger partial charge in [-0.25, -0.2) is 4.79 Å². The quantitative estimate of drug-likeness (QED) is 0.824. The highest BCUT2D eigenvalue weighted by molar-refractivity contribution is 5.95. The van der Waals surface area contributed by atoms with Crippen molar-refractivity contribution in [3.05, 3.63) is 28.5 Å². The molecule has 2 aromatic heterocycles. The monoisotopic (exact) mass is 291 g/mol. The van der Waals surface area contributed by atoms with Crippen molar-refractivity contribution in [2.75, 3.05) is 5.32 Å². The molecular formula is C13H17N5O3. The van der Waals surface area contributed by atoms with E-state index in [0.717, 1.165) is 0 Å². The zero-order valence-electron chi connectivity index (χ0n) is 12.2. The van der Waals surface area contributed by atoms with Gasteiger partial charge in [-0.1, -0.05) is 19.0 Å². The molecule has 0 aromatic carbocycles. The van der Waals surface area contributed by atoms with Gasteiger partial charge in [0, 0.05) is 6.92 Å². The molecule has 2 rings (SSSR count). The Bertz CT molecular complexity index is 653. The number of carbonyl (C=O) groups is 1. The van der Waals surface area contributed by atoms with Crippen LogP contribution in [0.3, 0.4) is 0 Å². The second-order valence-electron chi connectivity index (χ2n) is 4.44. The van der Waals surface area contributed by atoms with Crippen LogP contribution < -0.4 is 5.32 Å². The normalized spacial score (nSPS) is 10.6. The van der Waals surface area contributed by atoms with Gasteiger partial charge in [0.1, 0.15) is 5.56 Å². The number of aromatic nitrogens is 4. The summed E-state index contributed by atoms with van der Waals surface area (Å²) in [5.41, 5.74) is 1.56. The maximum atomic E-state index is 11.5. The van der Waals surface area contributed by atoms with Crippen molar-refractivity contribution in [2.24, 2.45) is 0 Å². The van der Waals surface area contributed by atoms with Crippen molar-refractivity contribution in [3.8, 4) is 0 Å². The second kappa shape index (κ2) is 6.29. The molecule has 0 aliphatic rings. The average Bonchev–Trinajstić information content (AvgIpc) is 2.89. The van der Waals surface area contributed by atoms with Gasteiger partial charge in [-0.3, -0.25) is 0 Å². The summed E-state index contributed by atoms with van der Waals surface area (Å²) in [4.78, 5) is 15.6. The first-order valence-corrected chi connectivity index (χ1v) is 6.71. The minimum absolute atomic E-state index is 0.157. The number of aromatic carboxylic acids is 1. The lowest BCUT2D eigenvalue weighted by Gasteiger charge is -2.12. The molecule has 0 bridgehead atoms. The van der Waals surface area contributed by atoms with Gasteiger partial charge in [-0.05, 0) is 18.4 Å². The molecule has 8 heteroatoms. The summed E-state index contributed by atoms with van der Waals surface area (Å²) >= 11 is 0. The third-order valence-corrected chi connectivity index (χ3v) is 3.04. The Kier molecular flexibility index (Phi) is 4.46. The first kappa shape index (κ1) is 14.9. The number of carboxylic acid groups (broad SMARTS) is 1. The van der Waals surface area contributed by atoms with E-state index in [0.29, 0.717) is 35.8 Å². The molecule has 0 radical (unpaired) electrons. The summed E-state index contributed by atoms with van der Waals surface area (Å²) in [6, 6.07) is 0. The smallest absolute Gasteiger partial charge is 0.339 e. The van der Waals surface area contributed by atoms with Crippen LogP contribution in [0.5, 0.6) is 0 Å². The van der Waals surface area contributed by atoms with Crippen molar-refractivity contribution < 1.29 is 14.4 Å². The van der Waals surface area contributed by atoms with E-state index in [1.165, 1.54) is 0 Å². The number of aryl methyl sites for hydroxylation is 2. The molecule has 112 valence electrons. The number of nitrogens with one attached hydrogen (secondary N) is 1. The fourth-order valence-corrected chi connectivity index (χ4v) is 2.10. The highest BCUT2D eigenvalue weighted by Crippen LogP contribution is 2.21. The van der Waals surface area contributed by atoms with Crippen LogP contribution in [0.25, 0.3) is 0 Å². The Morgan fingerprint density at radius 1 is 1.29 bits per heavy atom. The van der Waals surface area contributed by atoms with Crippen LogP contribution in [0.4, 0.5) is 5.82 Å². The minimum atomic E-state index is -1.02. The van der Waals surface area contributed by atoms with Crippen molar-refractivity contribution in [2.45, 2.75) is 40.2 Å². The largest absolute Gasteiger partial charge is 0.478 e. The van der Waals surface area contributed by atoms with Gasteiger partial charge in [0.2, 0.25) is 5.89 Å². The molecule has 0 unspecified atom stereocenters. The first-order chi connectivity index (χ1) is 10.1. The van der Waals surface area contributed by atoms with Crippen molar-refractivity contribution in [1.29, 1.82) is 0 Å². The second-order valence-corrected chi connectivity index (χ2v) is 4.44. The molecule has 0 aliphatic carbocycles. The number of carboxylic acids is 1. The van der Waals surface area contributed by atoms with Gasteiger partial charge < -0.3 is 14.9 Å². The van der Waals surface area contributed by atoms with E-state index in [9.17, 15) is 9.90 Å². The Balaban J connectivity index is 2.32. The van der Waals surface area contributed by atoms with E-state index in [1.807, 2.05) is 13.8 Å². The summed E-state index contributed by atoms with van der Waals surface area (Å²) in [5.74, 6) is 0.0809. The highest BCUT2D eigenvalue weighted by atomic mass is 16.5. The SMILES string of the molecule is CCc1nnc(NCc2noc(C)n2)c(C(=O)O)c1CC. The van der Waals surface area contributed by atoms with Crippen molar-refractivity contribution >= 4 is 11.8 Å². The van der Waals surface area contributed by atoms with Crippen molar-refractivity contribution in [1.82, 2.24) is 20.3 Å². The van der Waals surface area contributed by atoms with E-state index in [-0.39, 0.29) is 17.9 Å². The lowest BCUT2D eigenvalue weighted by molar-refractivity contribution is 0.0696. The molecule has 0 fully saturated rings. The molecular weight excluding hydrogens is 274 g/mol. The van der Waals surface area contributed by atoms with E-state index in [2.05, 4.69) is 25.7 Å². The standard InChI is InChI=1S/C13H17N5O3/c1-4-8-9(5-2)16-17-12(11(8)13(19)20)14-6-10-15-7(3)21-18-10/h4-6H2,1-3H3,(H,14,17)(H,19,20). The van der Waals surface area contributed by atoms with Crippen LogP contribution in [-0.4, -0.2) is 31.4 Å². The van der Waals surface area contributed by atoms with Crippen LogP contribution in [0.15, 0.2) is 4.52 Å². The molecule has 0 amide bonds. The zero-order chi connectivity index (χ0) is 15.4. The number of nitrogens with zero attached hydrogens (tertiary/aromatic N) is 4. The Labute approximate surface area is 121 Å². The topological polar surface area (TPSA) is 114 Å². The predicted molar refractivity (Wildman–Crippen MR) is 74.1 cm³/mol. The van der Waals surface area contributed by atoms with Gasteiger partial charge in [0.25, 0.3) is 0 Å². The van der Waals surface area contributed by atoms with Crippen LogP contribution in [-0.2, 0) is 19.4 Å². The number of hydrogen-bond acceptors (Lipinski definition) is 7. The van der Waals surface area contributed by atoms with E-state index in [4.69, 9.17) is 4.52 Å². The average molecular weight is 291 g/mol. The molecule has 0 saturated carbocycles. The summed E-state index contributed by atoms with van der Waals surface area (Å²) in [6.45, 7) is 5.73. The van der Waals surface area contributed by atoms with Gasteiger partial charge >= 0.3 is 5.97 Å². The predicted octanol–water partition coefficient (Wildman–Crippen LogP) is 1.60. The maximum Gasteiger partial charge on any atom is 0.339 e. The van der Waals surface area contributed by atoms with Crippen LogP contribution >= 0.6 is 0 Å². The molecule has 2 aromatic rings. The third kappa shape index (κ3) is 3.15. The molecule has 2 heterocycles. The molecule has 0 spiro atoms. The Morgan fingerprint density at radius 3 is 2.57 bits per heavy atom. The first-order valence-electron chi connectivity index (χ1n) is 6.71. The van der Waals surface area contributed by atoms with E-state index in [1.54, 1.807) is 6.92 Å². The molecule has 0 saturated heterocycles. The molecule has 8 nitrogen and oxygen atoms in total. The van der Waals surface area contributed by atoms with Crippen molar-refractivity contribution in [3.63, 3.8) is 0 Å². The molecule has 21 heavy (non-hydrogen) atoms. The lowest BCUT2D eigenvalue weighted by Crippen LogP contribution is -2.15. The molecule has 0 atom stereocenters. The summed E-state index contributed by atoms with van der Waals surface area (Å²) in [5, 5.41) is 24.2. The Morgan fingerprint density at radius 2 is 2.05 bits per heavy atom. The zero-order valence-corrected chi connectivity index (χ0v) is 12.2. The number of rotatable bonds is 6. The highest BCUT2D eigenvalue weighted by Gasteiger charge is 2.20. The third-order valence-electron chi connectivity index (χ3n) is 3.04. The molecule has 0 aliphatic heterocycles. The summed E-state index contributed by atoms with van der Waals surface area (Å²) in [6.07, 6.45) is 1.22. The van der Waals surface area contributed by atoms with E-state index < -0.39 is 5.97 Å². The summed E-state index contributed by atoms with van der Waals surface area (Å²) in [7, 11) is 0. The maximum absolute atomic E-state index is 11.5. The van der Waals surface area contributed by atoms with Gasteiger partial charge in [-0.15, -0.1) is 5.10 Å². The number of hydrogen-bond donors (Lipinski definition) is 2. The van der Waals surface area contributed by atoms with Gasteiger partial charge in [-0.2, -0.15) is 10.1 Å². The Hall–Kier alpha value is -2.51. The van der Waals surface area contributed by atoms with Gasteiger partial charge in [0.15, 0.2) is 11.6 Å². The van der Waals surface area contributed by atoms with Crippen LogP contribution in [0.2, 0.25) is 0 Å². The minimum Gasteiger partial charge on any atom is -0.478 e. The van der Waals surface area contributed by atoms with Gasteiger partial charge in [0.05, 0.1) is 12.2 Å². The van der Waals surface area contributed by atoms with Crippen LogP contribution in [0, 0.1) is 6.92 Å². The lowest BCUT2D eigenvalue weighted by atomic mass is 10.0. The molecule has 2 N–H and O–H groups in total. The summed E-state index contributed by atoms with van der Waals surface area (Å²) < 4.78 is 4.86. The number of anilines is 1. The fraction of sp³-hybridized carbons (Fsp3) is 0.462.